The molecule has 1 aliphatic heterocycles. The molecule has 1 rings (SSSR count). The van der Waals surface area contributed by atoms with Gasteiger partial charge in [-0.3, -0.25) is 4.79 Å². The Hall–Kier alpha value is -0.220. The highest BCUT2D eigenvalue weighted by molar-refractivity contribution is 8.00. The van der Waals surface area contributed by atoms with Crippen LogP contribution in [0.25, 0.3) is 0 Å². The van der Waals surface area contributed by atoms with Gasteiger partial charge in [0.15, 0.2) is 5.44 Å². The zero-order valence-corrected chi connectivity index (χ0v) is 5.11. The van der Waals surface area contributed by atoms with Crippen molar-refractivity contribution in [2.24, 2.45) is 5.73 Å². The Balaban J connectivity index is 2.35. The Morgan fingerprint density at radius 3 is 2.88 bits per heavy atom. The molecule has 0 aromatic heterocycles. The Bertz CT molecular complexity index is 100. The lowest BCUT2D eigenvalue weighted by Crippen LogP contribution is -2.24. The van der Waals surface area contributed by atoms with Gasteiger partial charge >= 0.3 is 0 Å². The molecule has 0 aliphatic carbocycles. The number of primary amides is 1. The molecule has 0 saturated carbocycles. The van der Waals surface area contributed by atoms with Gasteiger partial charge in [-0.25, -0.2) is 0 Å². The van der Waals surface area contributed by atoms with Crippen molar-refractivity contribution >= 4 is 17.7 Å². The topological polar surface area (TPSA) is 52.3 Å². The summed E-state index contributed by atoms with van der Waals surface area (Å²) in [7, 11) is 0. The summed E-state index contributed by atoms with van der Waals surface area (Å²) < 4.78 is 4.90. The van der Waals surface area contributed by atoms with Crippen LogP contribution in [0.5, 0.6) is 0 Å². The molecule has 1 heterocycles. The first-order valence-electron chi connectivity index (χ1n) is 2.33. The maximum Gasteiger partial charge on any atom is 0.257 e. The quantitative estimate of drug-likeness (QED) is 0.527. The summed E-state index contributed by atoms with van der Waals surface area (Å²) in [4.78, 5) is 10.3. The number of hydrogen-bond donors (Lipinski definition) is 1. The fraction of sp³-hybridized carbons (Fsp3) is 0.750. The summed E-state index contributed by atoms with van der Waals surface area (Å²) in [5, 5.41) is 0. The molecule has 1 atom stereocenters. The number of nitrogens with two attached hydrogens (primary N) is 1. The van der Waals surface area contributed by atoms with E-state index in [1.165, 1.54) is 11.8 Å². The van der Waals surface area contributed by atoms with E-state index in [1.807, 2.05) is 0 Å². The van der Waals surface area contributed by atoms with E-state index in [-0.39, 0.29) is 11.3 Å². The largest absolute Gasteiger partial charge is 0.367 e. The Kier molecular flexibility index (Phi) is 1.75. The van der Waals surface area contributed by atoms with E-state index in [1.54, 1.807) is 0 Å². The van der Waals surface area contributed by atoms with Crippen molar-refractivity contribution < 1.29 is 9.53 Å². The molecule has 1 unspecified atom stereocenters. The lowest BCUT2D eigenvalue weighted by atomic mass is 10.7. The fourth-order valence-corrected chi connectivity index (χ4v) is 1.29. The molecule has 0 radical (unpaired) electrons. The molecular formula is C4H7NO2S. The van der Waals surface area contributed by atoms with E-state index < -0.39 is 0 Å². The first-order valence-corrected chi connectivity index (χ1v) is 3.38. The van der Waals surface area contributed by atoms with E-state index in [2.05, 4.69) is 0 Å². The fourth-order valence-electron chi connectivity index (χ4n) is 0.523. The average Bonchev–Trinajstić information content (AvgIpc) is 2.12. The molecule has 0 spiro atoms. The van der Waals surface area contributed by atoms with Gasteiger partial charge < -0.3 is 10.5 Å². The van der Waals surface area contributed by atoms with Crippen molar-refractivity contribution in [1.29, 1.82) is 0 Å². The van der Waals surface area contributed by atoms with Crippen LogP contribution in [0, 0.1) is 0 Å². The highest BCUT2D eigenvalue weighted by Crippen LogP contribution is 2.18. The van der Waals surface area contributed by atoms with Crippen LogP contribution >= 0.6 is 11.8 Å². The minimum Gasteiger partial charge on any atom is -0.367 e. The summed E-state index contributed by atoms with van der Waals surface area (Å²) >= 11 is 1.45. The lowest BCUT2D eigenvalue weighted by molar-refractivity contribution is -0.123. The van der Waals surface area contributed by atoms with Crippen LogP contribution in [0.1, 0.15) is 0 Å². The Labute approximate surface area is 51.6 Å². The maximum atomic E-state index is 10.3. The number of amides is 1. The lowest BCUT2D eigenvalue weighted by Gasteiger charge is -1.99. The van der Waals surface area contributed by atoms with Gasteiger partial charge in [-0.15, -0.1) is 11.8 Å². The first kappa shape index (κ1) is 5.91. The monoisotopic (exact) mass is 133 g/mol. The molecule has 1 aliphatic rings. The Morgan fingerprint density at radius 1 is 1.88 bits per heavy atom. The number of hydrogen-bond acceptors (Lipinski definition) is 3. The van der Waals surface area contributed by atoms with Crippen molar-refractivity contribution in [3.8, 4) is 0 Å². The number of ether oxygens (including phenoxy) is 1. The van der Waals surface area contributed by atoms with E-state index in [0.717, 1.165) is 5.75 Å². The van der Waals surface area contributed by atoms with Crippen LogP contribution in [0.15, 0.2) is 0 Å². The molecule has 0 aromatic carbocycles. The summed E-state index contributed by atoms with van der Waals surface area (Å²) in [6.45, 7) is 0.651. The minimum absolute atomic E-state index is 0.368. The second-order valence-corrected chi connectivity index (χ2v) is 2.65. The van der Waals surface area contributed by atoms with E-state index in [0.29, 0.717) is 6.61 Å². The van der Waals surface area contributed by atoms with E-state index in [9.17, 15) is 4.79 Å². The number of thioether (sulfide) groups is 1. The predicted octanol–water partition coefficient (Wildman–Crippen LogP) is -0.439. The molecule has 8 heavy (non-hydrogen) atoms. The molecule has 1 amide bonds. The normalized spacial score (nSPS) is 28.2. The summed E-state index contributed by atoms with van der Waals surface area (Å²) in [6, 6.07) is 0. The molecule has 0 bridgehead atoms. The molecular weight excluding hydrogens is 126 g/mol. The molecule has 3 nitrogen and oxygen atoms in total. The molecule has 2 N–H and O–H groups in total. The second kappa shape index (κ2) is 2.37. The van der Waals surface area contributed by atoms with Gasteiger partial charge in [0.2, 0.25) is 0 Å². The number of rotatable bonds is 1. The third kappa shape index (κ3) is 1.14. The smallest absolute Gasteiger partial charge is 0.257 e. The maximum absolute atomic E-state index is 10.3. The van der Waals surface area contributed by atoms with Gasteiger partial charge in [0.05, 0.1) is 6.61 Å². The third-order valence-corrected chi connectivity index (χ3v) is 1.93. The highest BCUT2D eigenvalue weighted by atomic mass is 32.2. The first-order chi connectivity index (χ1) is 3.80. The summed E-state index contributed by atoms with van der Waals surface area (Å²) in [6.07, 6.45) is 0. The molecule has 46 valence electrons. The van der Waals surface area contributed by atoms with Crippen LogP contribution in [-0.2, 0) is 9.53 Å². The predicted molar refractivity (Wildman–Crippen MR) is 31.4 cm³/mol. The van der Waals surface area contributed by atoms with Crippen molar-refractivity contribution in [3.05, 3.63) is 0 Å². The minimum atomic E-state index is -0.380. The SMILES string of the molecule is NC(=O)C1OCCS1. The van der Waals surface area contributed by atoms with Gasteiger partial charge in [-0.05, 0) is 0 Å². The zero-order valence-electron chi connectivity index (χ0n) is 4.29. The summed E-state index contributed by atoms with van der Waals surface area (Å²) in [5.74, 6) is 0.514. The third-order valence-electron chi connectivity index (χ3n) is 0.854. The van der Waals surface area contributed by atoms with Gasteiger partial charge in [-0.1, -0.05) is 0 Å². The van der Waals surface area contributed by atoms with Gasteiger partial charge in [-0.2, -0.15) is 0 Å². The number of carbonyl (C=O) groups is 1. The van der Waals surface area contributed by atoms with Crippen LogP contribution < -0.4 is 5.73 Å². The van der Waals surface area contributed by atoms with Gasteiger partial charge in [0.1, 0.15) is 0 Å². The molecule has 0 aromatic rings. The highest BCUT2D eigenvalue weighted by Gasteiger charge is 2.20. The Morgan fingerprint density at radius 2 is 2.62 bits per heavy atom. The number of carbonyl (C=O) groups excluding carboxylic acids is 1. The van der Waals surface area contributed by atoms with E-state index >= 15 is 0 Å². The van der Waals surface area contributed by atoms with Gasteiger partial charge in [0.25, 0.3) is 5.91 Å². The standard InChI is InChI=1S/C4H7NO2S/c5-3(6)4-7-1-2-8-4/h4H,1-2H2,(H2,5,6). The van der Waals surface area contributed by atoms with Crippen LogP contribution in [-0.4, -0.2) is 23.7 Å². The average molecular weight is 133 g/mol. The zero-order chi connectivity index (χ0) is 5.98. The van der Waals surface area contributed by atoms with Crippen molar-refractivity contribution in [2.45, 2.75) is 5.44 Å². The van der Waals surface area contributed by atoms with Crippen LogP contribution in [0.3, 0.4) is 0 Å². The van der Waals surface area contributed by atoms with Crippen molar-refractivity contribution in [2.75, 3.05) is 12.4 Å². The van der Waals surface area contributed by atoms with Crippen LogP contribution in [0.2, 0.25) is 0 Å². The van der Waals surface area contributed by atoms with E-state index in [4.69, 9.17) is 10.5 Å². The van der Waals surface area contributed by atoms with Crippen molar-refractivity contribution in [3.63, 3.8) is 0 Å². The van der Waals surface area contributed by atoms with Crippen LogP contribution in [0.4, 0.5) is 0 Å². The second-order valence-electron chi connectivity index (χ2n) is 1.48. The van der Waals surface area contributed by atoms with Crippen molar-refractivity contribution in [1.82, 2.24) is 0 Å². The van der Waals surface area contributed by atoms with Gasteiger partial charge in [0, 0.05) is 5.75 Å². The molecule has 1 fully saturated rings. The molecule has 4 heteroatoms. The molecule has 1 saturated heterocycles. The summed E-state index contributed by atoms with van der Waals surface area (Å²) in [5.41, 5.74) is 4.53.